The molecule has 0 aliphatic carbocycles. The highest BCUT2D eigenvalue weighted by molar-refractivity contribution is 5.96. The van der Waals surface area contributed by atoms with Crippen molar-refractivity contribution in [2.45, 2.75) is 45.6 Å². The second-order valence-electron chi connectivity index (χ2n) is 9.85. The van der Waals surface area contributed by atoms with Crippen molar-refractivity contribution in [1.29, 1.82) is 0 Å². The second kappa shape index (κ2) is 8.28. The van der Waals surface area contributed by atoms with E-state index in [9.17, 15) is 14.4 Å². The van der Waals surface area contributed by atoms with E-state index in [0.29, 0.717) is 39.0 Å². The molecule has 30 heavy (non-hydrogen) atoms. The summed E-state index contributed by atoms with van der Waals surface area (Å²) in [4.78, 5) is 45.7. The van der Waals surface area contributed by atoms with E-state index in [1.165, 1.54) is 4.90 Å². The molecule has 0 bridgehead atoms. The molecule has 0 radical (unpaired) electrons. The lowest BCUT2D eigenvalue weighted by Crippen LogP contribution is -2.57. The Hall–Kier alpha value is -2.57. The van der Waals surface area contributed by atoms with Gasteiger partial charge in [-0.3, -0.25) is 14.4 Å². The van der Waals surface area contributed by atoms with Crippen molar-refractivity contribution in [3.8, 4) is 0 Å². The Morgan fingerprint density at radius 1 is 1.07 bits per heavy atom. The first-order valence-corrected chi connectivity index (χ1v) is 10.6. The molecular formula is C23H34N4O3. The van der Waals surface area contributed by atoms with E-state index in [1.54, 1.807) is 19.0 Å². The molecule has 0 aromatic heterocycles. The number of benzene rings is 1. The van der Waals surface area contributed by atoms with Gasteiger partial charge < -0.3 is 19.6 Å². The van der Waals surface area contributed by atoms with Crippen LogP contribution in [-0.2, 0) is 14.4 Å². The van der Waals surface area contributed by atoms with Crippen molar-refractivity contribution in [3.05, 3.63) is 30.3 Å². The molecule has 164 valence electrons. The number of hydrogen-bond donors (Lipinski definition) is 0. The van der Waals surface area contributed by atoms with Gasteiger partial charge in [-0.1, -0.05) is 39.0 Å². The summed E-state index contributed by atoms with van der Waals surface area (Å²) in [6.45, 7) is 7.76. The van der Waals surface area contributed by atoms with Gasteiger partial charge >= 0.3 is 0 Å². The maximum Gasteiger partial charge on any atom is 0.250 e. The van der Waals surface area contributed by atoms with Crippen LogP contribution in [0.15, 0.2) is 30.3 Å². The van der Waals surface area contributed by atoms with Crippen LogP contribution in [0, 0.1) is 5.41 Å². The number of nitrogens with zero attached hydrogens (tertiary/aromatic N) is 4. The normalized spacial score (nSPS) is 18.8. The standard InChI is InChI=1S/C23H34N4O3/c1-22(2,3)15-19(28)25-13-11-23(12-14-25)21(30)26(16-20(29)24(4)5)17-27(23)18-9-7-6-8-10-18/h6-10H,11-17H2,1-5H3. The first-order chi connectivity index (χ1) is 14.0. The van der Waals surface area contributed by atoms with Gasteiger partial charge in [0.1, 0.15) is 12.1 Å². The molecule has 0 atom stereocenters. The van der Waals surface area contributed by atoms with E-state index in [-0.39, 0.29) is 29.7 Å². The first kappa shape index (κ1) is 22.1. The van der Waals surface area contributed by atoms with Crippen LogP contribution in [0.3, 0.4) is 0 Å². The van der Waals surface area contributed by atoms with E-state index in [0.717, 1.165) is 5.69 Å². The molecule has 0 saturated carbocycles. The number of likely N-dealkylation sites (N-methyl/N-ethyl adjacent to an activating group) is 1. The molecule has 1 aromatic carbocycles. The van der Waals surface area contributed by atoms with Gasteiger partial charge in [-0.05, 0) is 30.4 Å². The number of para-hydroxylation sites is 1. The molecule has 7 nitrogen and oxygen atoms in total. The average Bonchev–Trinajstić information content (AvgIpc) is 2.94. The van der Waals surface area contributed by atoms with Crippen LogP contribution in [0.2, 0.25) is 0 Å². The smallest absolute Gasteiger partial charge is 0.250 e. The Balaban J connectivity index is 1.82. The first-order valence-electron chi connectivity index (χ1n) is 10.6. The monoisotopic (exact) mass is 414 g/mol. The maximum atomic E-state index is 13.5. The third-order valence-electron chi connectivity index (χ3n) is 6.03. The third-order valence-corrected chi connectivity index (χ3v) is 6.03. The summed E-state index contributed by atoms with van der Waals surface area (Å²) >= 11 is 0. The van der Waals surface area contributed by atoms with E-state index >= 15 is 0 Å². The summed E-state index contributed by atoms with van der Waals surface area (Å²) in [5.74, 6) is 0.0457. The Kier molecular flexibility index (Phi) is 6.11. The van der Waals surface area contributed by atoms with Crippen molar-refractivity contribution in [2.75, 3.05) is 45.3 Å². The molecule has 2 saturated heterocycles. The minimum Gasteiger partial charge on any atom is -0.347 e. The van der Waals surface area contributed by atoms with Crippen LogP contribution in [0.5, 0.6) is 0 Å². The number of piperidine rings is 1. The lowest BCUT2D eigenvalue weighted by atomic mass is 9.84. The molecule has 2 fully saturated rings. The predicted molar refractivity (Wildman–Crippen MR) is 117 cm³/mol. The molecule has 1 spiro atoms. The van der Waals surface area contributed by atoms with Crippen LogP contribution >= 0.6 is 0 Å². The molecule has 3 amide bonds. The van der Waals surface area contributed by atoms with Gasteiger partial charge in [-0.2, -0.15) is 0 Å². The van der Waals surface area contributed by atoms with E-state index in [1.807, 2.05) is 35.2 Å². The Labute approximate surface area is 179 Å². The fraction of sp³-hybridized carbons (Fsp3) is 0.609. The van der Waals surface area contributed by atoms with Gasteiger partial charge in [0.2, 0.25) is 11.8 Å². The SMILES string of the molecule is CN(C)C(=O)CN1CN(c2ccccc2)C2(CCN(C(=O)CC(C)(C)C)CC2)C1=O. The summed E-state index contributed by atoms with van der Waals surface area (Å²) in [7, 11) is 3.40. The fourth-order valence-electron chi connectivity index (χ4n) is 4.32. The maximum absolute atomic E-state index is 13.5. The molecular weight excluding hydrogens is 380 g/mol. The molecule has 2 heterocycles. The minimum absolute atomic E-state index is 0.00975. The van der Waals surface area contributed by atoms with Crippen molar-refractivity contribution < 1.29 is 14.4 Å². The van der Waals surface area contributed by atoms with Crippen molar-refractivity contribution >= 4 is 23.4 Å². The van der Waals surface area contributed by atoms with Gasteiger partial charge in [0.05, 0.1) is 6.67 Å². The van der Waals surface area contributed by atoms with E-state index in [2.05, 4.69) is 25.7 Å². The fourth-order valence-corrected chi connectivity index (χ4v) is 4.32. The summed E-state index contributed by atoms with van der Waals surface area (Å²) in [5.41, 5.74) is 0.210. The molecule has 0 unspecified atom stereocenters. The number of anilines is 1. The molecule has 7 heteroatoms. The van der Waals surface area contributed by atoms with Crippen LogP contribution in [-0.4, -0.2) is 78.4 Å². The van der Waals surface area contributed by atoms with Crippen LogP contribution in [0.4, 0.5) is 5.69 Å². The van der Waals surface area contributed by atoms with Crippen LogP contribution in [0.1, 0.15) is 40.0 Å². The van der Waals surface area contributed by atoms with Gasteiger partial charge in [0, 0.05) is 39.3 Å². The van der Waals surface area contributed by atoms with Crippen molar-refractivity contribution in [3.63, 3.8) is 0 Å². The van der Waals surface area contributed by atoms with E-state index in [4.69, 9.17) is 0 Å². The van der Waals surface area contributed by atoms with E-state index < -0.39 is 5.54 Å². The topological polar surface area (TPSA) is 64.2 Å². The highest BCUT2D eigenvalue weighted by Crippen LogP contribution is 2.39. The lowest BCUT2D eigenvalue weighted by molar-refractivity contribution is -0.141. The Morgan fingerprint density at radius 2 is 1.67 bits per heavy atom. The van der Waals surface area contributed by atoms with Crippen LogP contribution in [0.25, 0.3) is 0 Å². The number of hydrogen-bond acceptors (Lipinski definition) is 4. The third kappa shape index (κ3) is 4.45. The number of carbonyl (C=O) groups is 3. The molecule has 2 aliphatic heterocycles. The lowest BCUT2D eigenvalue weighted by Gasteiger charge is -2.43. The summed E-state index contributed by atoms with van der Waals surface area (Å²) in [6, 6.07) is 9.88. The van der Waals surface area contributed by atoms with Gasteiger partial charge in [-0.15, -0.1) is 0 Å². The zero-order valence-corrected chi connectivity index (χ0v) is 18.9. The highest BCUT2D eigenvalue weighted by Gasteiger charge is 2.54. The Morgan fingerprint density at radius 3 is 2.20 bits per heavy atom. The number of rotatable bonds is 4. The number of amides is 3. The zero-order chi connectivity index (χ0) is 22.1. The minimum atomic E-state index is -0.702. The van der Waals surface area contributed by atoms with Gasteiger partial charge in [0.25, 0.3) is 5.91 Å². The predicted octanol–water partition coefficient (Wildman–Crippen LogP) is 2.18. The zero-order valence-electron chi connectivity index (χ0n) is 18.9. The summed E-state index contributed by atoms with van der Waals surface area (Å²) in [5, 5.41) is 0. The van der Waals surface area contributed by atoms with Crippen molar-refractivity contribution in [2.24, 2.45) is 5.41 Å². The average molecular weight is 415 g/mol. The highest BCUT2D eigenvalue weighted by atomic mass is 16.2. The van der Waals surface area contributed by atoms with Gasteiger partial charge in [0.15, 0.2) is 0 Å². The molecule has 2 aliphatic rings. The molecule has 0 N–H and O–H groups in total. The Bertz CT molecular complexity index is 792. The molecule has 3 rings (SSSR count). The number of likely N-dealkylation sites (tertiary alicyclic amines) is 1. The summed E-state index contributed by atoms with van der Waals surface area (Å²) < 4.78 is 0. The van der Waals surface area contributed by atoms with Crippen molar-refractivity contribution in [1.82, 2.24) is 14.7 Å². The number of carbonyl (C=O) groups excluding carboxylic acids is 3. The summed E-state index contributed by atoms with van der Waals surface area (Å²) in [6.07, 6.45) is 1.65. The molecule has 1 aromatic rings. The second-order valence-corrected chi connectivity index (χ2v) is 9.85. The quantitative estimate of drug-likeness (QED) is 0.758. The van der Waals surface area contributed by atoms with Crippen LogP contribution < -0.4 is 4.90 Å². The van der Waals surface area contributed by atoms with Gasteiger partial charge in [-0.25, -0.2) is 0 Å². The largest absolute Gasteiger partial charge is 0.347 e.